The summed E-state index contributed by atoms with van der Waals surface area (Å²) in [6.07, 6.45) is 1.82. The van der Waals surface area contributed by atoms with Crippen molar-refractivity contribution < 1.29 is 13.9 Å². The third kappa shape index (κ3) is 1.41. The average Bonchev–Trinajstić information content (AvgIpc) is 2.66. The molecule has 0 spiro atoms. The number of nitrogens with zero attached hydrogens (tertiary/aromatic N) is 1. The second-order valence-electron chi connectivity index (χ2n) is 4.28. The topological polar surface area (TPSA) is 29.5 Å². The fourth-order valence-electron chi connectivity index (χ4n) is 2.46. The van der Waals surface area contributed by atoms with Crippen LogP contribution in [0, 0.1) is 5.82 Å². The smallest absolute Gasteiger partial charge is 0.328 e. The van der Waals surface area contributed by atoms with Crippen LogP contribution < -0.4 is 4.74 Å². The first kappa shape index (κ1) is 9.78. The zero-order valence-corrected chi connectivity index (χ0v) is 8.78. The predicted molar refractivity (Wildman–Crippen MR) is 55.5 cm³/mol. The molecule has 2 aliphatic heterocycles. The first-order chi connectivity index (χ1) is 7.75. The molecule has 2 heterocycles. The van der Waals surface area contributed by atoms with Gasteiger partial charge >= 0.3 is 5.97 Å². The molecular weight excluding hydrogens is 209 g/mol. The van der Waals surface area contributed by atoms with Crippen LogP contribution in [0.3, 0.4) is 0 Å². The van der Waals surface area contributed by atoms with E-state index >= 15 is 0 Å². The van der Waals surface area contributed by atoms with Crippen molar-refractivity contribution >= 4 is 5.97 Å². The summed E-state index contributed by atoms with van der Waals surface area (Å²) in [6.45, 7) is 1.49. The zero-order valence-electron chi connectivity index (χ0n) is 8.78. The van der Waals surface area contributed by atoms with Gasteiger partial charge in [0.25, 0.3) is 0 Å². The van der Waals surface area contributed by atoms with Crippen molar-refractivity contribution in [2.24, 2.45) is 0 Å². The minimum Gasteiger partial charge on any atom is -0.422 e. The Morgan fingerprint density at radius 3 is 3.19 bits per heavy atom. The van der Waals surface area contributed by atoms with Crippen LogP contribution in [-0.2, 0) is 11.3 Å². The molecule has 3 nitrogen and oxygen atoms in total. The van der Waals surface area contributed by atoms with Crippen molar-refractivity contribution in [3.8, 4) is 5.75 Å². The SMILES string of the molecule is O=C1Oc2c(F)cccc2CN2CCC[C@@H]12. The maximum absolute atomic E-state index is 13.5. The molecule has 3 rings (SSSR count). The van der Waals surface area contributed by atoms with Gasteiger partial charge in [-0.05, 0) is 25.5 Å². The van der Waals surface area contributed by atoms with Gasteiger partial charge in [-0.15, -0.1) is 0 Å². The van der Waals surface area contributed by atoms with Crippen LogP contribution in [0.4, 0.5) is 4.39 Å². The van der Waals surface area contributed by atoms with E-state index in [0.29, 0.717) is 6.54 Å². The highest BCUT2D eigenvalue weighted by atomic mass is 19.1. The highest BCUT2D eigenvalue weighted by Gasteiger charge is 2.36. The van der Waals surface area contributed by atoms with Crippen molar-refractivity contribution in [2.45, 2.75) is 25.4 Å². The standard InChI is InChI=1S/C12H12FNO2/c13-9-4-1-3-8-7-14-6-2-5-10(14)12(15)16-11(8)9/h1,3-4,10H,2,5-7H2/t10-/m0/s1. The van der Waals surface area contributed by atoms with Gasteiger partial charge < -0.3 is 4.74 Å². The van der Waals surface area contributed by atoms with E-state index in [2.05, 4.69) is 4.90 Å². The van der Waals surface area contributed by atoms with Crippen LogP contribution in [0.5, 0.6) is 5.75 Å². The van der Waals surface area contributed by atoms with E-state index in [1.165, 1.54) is 6.07 Å². The molecule has 0 aliphatic carbocycles. The van der Waals surface area contributed by atoms with Crippen LogP contribution in [0.15, 0.2) is 18.2 Å². The first-order valence-corrected chi connectivity index (χ1v) is 5.49. The summed E-state index contributed by atoms with van der Waals surface area (Å²) in [5.74, 6) is -0.657. The molecule has 16 heavy (non-hydrogen) atoms. The van der Waals surface area contributed by atoms with Crippen molar-refractivity contribution in [3.63, 3.8) is 0 Å². The maximum Gasteiger partial charge on any atom is 0.328 e. The lowest BCUT2D eigenvalue weighted by Crippen LogP contribution is -2.35. The average molecular weight is 221 g/mol. The van der Waals surface area contributed by atoms with E-state index in [9.17, 15) is 9.18 Å². The monoisotopic (exact) mass is 221 g/mol. The highest BCUT2D eigenvalue weighted by molar-refractivity contribution is 5.79. The number of rotatable bonds is 0. The molecule has 1 fully saturated rings. The largest absolute Gasteiger partial charge is 0.422 e. The summed E-state index contributed by atoms with van der Waals surface area (Å²) in [6, 6.07) is 4.60. The molecule has 2 aliphatic rings. The molecule has 0 amide bonds. The Kier molecular flexibility index (Phi) is 2.17. The molecule has 1 saturated heterocycles. The van der Waals surface area contributed by atoms with Gasteiger partial charge in [0.1, 0.15) is 6.04 Å². The molecule has 0 radical (unpaired) electrons. The van der Waals surface area contributed by atoms with E-state index in [1.54, 1.807) is 6.07 Å². The summed E-state index contributed by atoms with van der Waals surface area (Å²) >= 11 is 0. The van der Waals surface area contributed by atoms with E-state index in [-0.39, 0.29) is 17.8 Å². The van der Waals surface area contributed by atoms with Gasteiger partial charge in [0.2, 0.25) is 0 Å². The van der Waals surface area contributed by atoms with Gasteiger partial charge in [0, 0.05) is 12.1 Å². The van der Waals surface area contributed by atoms with Crippen LogP contribution in [0.25, 0.3) is 0 Å². The van der Waals surface area contributed by atoms with Crippen LogP contribution in [0.1, 0.15) is 18.4 Å². The second kappa shape index (κ2) is 3.56. The van der Waals surface area contributed by atoms with Crippen molar-refractivity contribution in [1.82, 2.24) is 4.90 Å². The number of hydrogen-bond donors (Lipinski definition) is 0. The van der Waals surface area contributed by atoms with Gasteiger partial charge in [-0.1, -0.05) is 12.1 Å². The molecule has 84 valence electrons. The number of benzene rings is 1. The lowest BCUT2D eigenvalue weighted by atomic mass is 10.2. The van der Waals surface area contributed by atoms with E-state index in [4.69, 9.17) is 4.74 Å². The number of halogens is 1. The lowest BCUT2D eigenvalue weighted by molar-refractivity contribution is -0.138. The Labute approximate surface area is 92.8 Å². The highest BCUT2D eigenvalue weighted by Crippen LogP contribution is 2.31. The Hall–Kier alpha value is -1.42. The number of para-hydroxylation sites is 1. The Morgan fingerprint density at radius 2 is 2.31 bits per heavy atom. The third-order valence-electron chi connectivity index (χ3n) is 3.26. The molecule has 0 unspecified atom stereocenters. The summed E-state index contributed by atoms with van der Waals surface area (Å²) in [4.78, 5) is 13.8. The van der Waals surface area contributed by atoms with E-state index < -0.39 is 5.82 Å². The third-order valence-corrected chi connectivity index (χ3v) is 3.26. The lowest BCUT2D eigenvalue weighted by Gasteiger charge is -2.17. The molecule has 0 bridgehead atoms. The van der Waals surface area contributed by atoms with Gasteiger partial charge in [-0.2, -0.15) is 0 Å². The predicted octanol–water partition coefficient (Wildman–Crippen LogP) is 1.71. The molecule has 0 N–H and O–H groups in total. The Balaban J connectivity index is 2.05. The number of carbonyl (C=O) groups excluding carboxylic acids is 1. The number of carbonyl (C=O) groups is 1. The minimum absolute atomic E-state index is 0.113. The quantitative estimate of drug-likeness (QED) is 0.493. The van der Waals surface area contributed by atoms with Gasteiger partial charge in [0.05, 0.1) is 0 Å². The van der Waals surface area contributed by atoms with Crippen molar-refractivity contribution in [3.05, 3.63) is 29.6 Å². The number of hydrogen-bond acceptors (Lipinski definition) is 3. The van der Waals surface area contributed by atoms with Crippen molar-refractivity contribution in [2.75, 3.05) is 6.54 Å². The normalized spacial score (nSPS) is 24.6. The van der Waals surface area contributed by atoms with Crippen LogP contribution >= 0.6 is 0 Å². The number of fused-ring (bicyclic) bond motifs is 2. The maximum atomic E-state index is 13.5. The fraction of sp³-hybridized carbons (Fsp3) is 0.417. The van der Waals surface area contributed by atoms with E-state index in [1.807, 2.05) is 6.07 Å². The second-order valence-corrected chi connectivity index (χ2v) is 4.28. The molecule has 1 aromatic carbocycles. The summed E-state index contributed by atoms with van der Waals surface area (Å²) in [7, 11) is 0. The van der Waals surface area contributed by atoms with Crippen molar-refractivity contribution in [1.29, 1.82) is 0 Å². The molecule has 1 aromatic rings. The molecule has 0 saturated carbocycles. The molecule has 0 aromatic heterocycles. The summed E-state index contributed by atoms with van der Waals surface area (Å²) in [5.41, 5.74) is 0.762. The summed E-state index contributed by atoms with van der Waals surface area (Å²) < 4.78 is 18.7. The van der Waals surface area contributed by atoms with Crippen LogP contribution in [-0.4, -0.2) is 23.5 Å². The molecule has 1 atom stereocenters. The molecule has 4 heteroatoms. The van der Waals surface area contributed by atoms with Gasteiger partial charge in [-0.25, -0.2) is 9.18 Å². The van der Waals surface area contributed by atoms with Gasteiger partial charge in [-0.3, -0.25) is 4.90 Å². The molecular formula is C12H12FNO2. The zero-order chi connectivity index (χ0) is 11.1. The first-order valence-electron chi connectivity index (χ1n) is 5.49. The minimum atomic E-state index is -0.452. The fourth-order valence-corrected chi connectivity index (χ4v) is 2.46. The number of ether oxygens (including phenoxy) is 1. The Bertz CT molecular complexity index is 447. The summed E-state index contributed by atoms with van der Waals surface area (Å²) in [5, 5.41) is 0. The Morgan fingerprint density at radius 1 is 1.44 bits per heavy atom. The van der Waals surface area contributed by atoms with E-state index in [0.717, 1.165) is 24.9 Å². The van der Waals surface area contributed by atoms with Gasteiger partial charge in [0.15, 0.2) is 11.6 Å². The van der Waals surface area contributed by atoms with Crippen LogP contribution in [0.2, 0.25) is 0 Å². The number of esters is 1.